The van der Waals surface area contributed by atoms with Crippen molar-refractivity contribution in [1.82, 2.24) is 5.32 Å². The summed E-state index contributed by atoms with van der Waals surface area (Å²) < 4.78 is 5.08. The second kappa shape index (κ2) is 6.06. The predicted molar refractivity (Wildman–Crippen MR) is 67.8 cm³/mol. The number of hydrogen-bond acceptors (Lipinski definition) is 3. The minimum absolute atomic E-state index is 0.303. The van der Waals surface area contributed by atoms with E-state index in [2.05, 4.69) is 5.32 Å². The summed E-state index contributed by atoms with van der Waals surface area (Å²) in [7, 11) is 0. The minimum atomic E-state index is -0.387. The summed E-state index contributed by atoms with van der Waals surface area (Å²) in [5.74, 6) is 0. The summed E-state index contributed by atoms with van der Waals surface area (Å²) in [6.45, 7) is 0.822. The van der Waals surface area contributed by atoms with Crippen molar-refractivity contribution in [2.24, 2.45) is 0 Å². The van der Waals surface area contributed by atoms with Crippen LogP contribution in [0.15, 0.2) is 47.8 Å². The van der Waals surface area contributed by atoms with Gasteiger partial charge in [-0.3, -0.25) is 0 Å². The van der Waals surface area contributed by atoms with E-state index >= 15 is 0 Å². The molecule has 0 atom stereocenters. The van der Waals surface area contributed by atoms with Crippen LogP contribution in [0.1, 0.15) is 10.4 Å². The highest BCUT2D eigenvalue weighted by Gasteiger charge is 2.02. The van der Waals surface area contributed by atoms with Crippen molar-refractivity contribution < 1.29 is 9.53 Å². The molecule has 4 heteroatoms. The molecule has 0 unspecified atom stereocenters. The van der Waals surface area contributed by atoms with E-state index in [0.29, 0.717) is 13.2 Å². The van der Waals surface area contributed by atoms with Gasteiger partial charge in [0.15, 0.2) is 0 Å². The summed E-state index contributed by atoms with van der Waals surface area (Å²) in [6.07, 6.45) is -0.387. The molecule has 1 N–H and O–H groups in total. The van der Waals surface area contributed by atoms with Crippen molar-refractivity contribution in [3.63, 3.8) is 0 Å². The summed E-state index contributed by atoms with van der Waals surface area (Å²) in [5, 5.41) is 4.68. The van der Waals surface area contributed by atoms with Gasteiger partial charge in [0.2, 0.25) is 0 Å². The van der Waals surface area contributed by atoms with Gasteiger partial charge in [0, 0.05) is 4.88 Å². The van der Waals surface area contributed by atoms with E-state index in [0.717, 1.165) is 10.4 Å². The Morgan fingerprint density at radius 3 is 2.71 bits per heavy atom. The Balaban J connectivity index is 1.71. The second-order valence-corrected chi connectivity index (χ2v) is 4.53. The molecule has 3 nitrogen and oxygen atoms in total. The number of nitrogens with one attached hydrogen (secondary N) is 1. The molecule has 0 aliphatic carbocycles. The molecule has 88 valence electrons. The highest BCUT2D eigenvalue weighted by atomic mass is 32.1. The van der Waals surface area contributed by atoms with Crippen molar-refractivity contribution in [3.05, 3.63) is 58.3 Å². The van der Waals surface area contributed by atoms with Gasteiger partial charge < -0.3 is 10.1 Å². The number of amides is 1. The van der Waals surface area contributed by atoms with E-state index < -0.39 is 0 Å². The number of ether oxygens (including phenoxy) is 1. The van der Waals surface area contributed by atoms with Crippen molar-refractivity contribution >= 4 is 17.4 Å². The molecule has 0 saturated heterocycles. The van der Waals surface area contributed by atoms with Gasteiger partial charge >= 0.3 is 6.09 Å². The second-order valence-electron chi connectivity index (χ2n) is 3.49. The van der Waals surface area contributed by atoms with Gasteiger partial charge in [-0.15, -0.1) is 11.3 Å². The minimum Gasteiger partial charge on any atom is -0.445 e. The highest BCUT2D eigenvalue weighted by Crippen LogP contribution is 2.07. The molecule has 1 heterocycles. The van der Waals surface area contributed by atoms with Gasteiger partial charge in [0.1, 0.15) is 6.61 Å². The summed E-state index contributed by atoms with van der Waals surface area (Å²) in [6, 6.07) is 13.5. The third-order valence-corrected chi connectivity index (χ3v) is 3.08. The number of hydrogen-bond donors (Lipinski definition) is 1. The van der Waals surface area contributed by atoms with Gasteiger partial charge in [-0.1, -0.05) is 36.4 Å². The van der Waals surface area contributed by atoms with E-state index in [1.807, 2.05) is 47.8 Å². The first kappa shape index (κ1) is 11.7. The Kier molecular flexibility index (Phi) is 4.16. The van der Waals surface area contributed by atoms with Crippen LogP contribution in [-0.4, -0.2) is 6.09 Å². The maximum Gasteiger partial charge on any atom is 0.407 e. The van der Waals surface area contributed by atoms with E-state index in [9.17, 15) is 4.79 Å². The van der Waals surface area contributed by atoms with Crippen LogP contribution in [0.25, 0.3) is 0 Å². The number of alkyl carbamates (subject to hydrolysis) is 1. The Bertz CT molecular complexity index is 454. The lowest BCUT2D eigenvalue weighted by Crippen LogP contribution is -2.23. The normalized spacial score (nSPS) is 9.88. The van der Waals surface area contributed by atoms with E-state index in [-0.39, 0.29) is 6.09 Å². The average molecular weight is 247 g/mol. The van der Waals surface area contributed by atoms with Crippen LogP contribution >= 0.6 is 11.3 Å². The summed E-state index contributed by atoms with van der Waals surface area (Å²) >= 11 is 1.61. The van der Waals surface area contributed by atoms with Crippen LogP contribution in [0, 0.1) is 0 Å². The molecule has 0 aliphatic rings. The molecular weight excluding hydrogens is 234 g/mol. The first-order chi connectivity index (χ1) is 8.34. The van der Waals surface area contributed by atoms with Crippen LogP contribution in [0.2, 0.25) is 0 Å². The number of benzene rings is 1. The molecule has 0 aliphatic heterocycles. The molecule has 17 heavy (non-hydrogen) atoms. The number of carbonyl (C=O) groups is 1. The Labute approximate surface area is 104 Å². The van der Waals surface area contributed by atoms with Crippen molar-refractivity contribution in [1.29, 1.82) is 0 Å². The molecule has 2 rings (SSSR count). The first-order valence-electron chi connectivity index (χ1n) is 5.31. The smallest absolute Gasteiger partial charge is 0.407 e. The number of carbonyl (C=O) groups excluding carboxylic acids is 1. The van der Waals surface area contributed by atoms with Gasteiger partial charge in [-0.2, -0.15) is 0 Å². The fourth-order valence-corrected chi connectivity index (χ4v) is 1.99. The zero-order valence-corrected chi connectivity index (χ0v) is 10.1. The zero-order chi connectivity index (χ0) is 11.9. The number of rotatable bonds is 4. The van der Waals surface area contributed by atoms with Gasteiger partial charge in [-0.05, 0) is 17.0 Å². The molecular formula is C13H13NO2S. The quantitative estimate of drug-likeness (QED) is 0.901. The van der Waals surface area contributed by atoms with Crippen LogP contribution in [0.5, 0.6) is 0 Å². The number of thiophene rings is 1. The zero-order valence-electron chi connectivity index (χ0n) is 9.26. The SMILES string of the molecule is O=C(NCc1cccs1)OCc1ccccc1. The lowest BCUT2D eigenvalue weighted by Gasteiger charge is -2.05. The third-order valence-electron chi connectivity index (χ3n) is 2.20. The molecule has 0 saturated carbocycles. The van der Waals surface area contributed by atoms with Crippen molar-refractivity contribution in [3.8, 4) is 0 Å². The van der Waals surface area contributed by atoms with E-state index in [1.54, 1.807) is 11.3 Å². The lowest BCUT2D eigenvalue weighted by atomic mass is 10.2. The summed E-state index contributed by atoms with van der Waals surface area (Å²) in [4.78, 5) is 12.5. The average Bonchev–Trinajstić information content (AvgIpc) is 2.88. The maximum absolute atomic E-state index is 11.4. The third kappa shape index (κ3) is 3.92. The van der Waals surface area contributed by atoms with Crippen molar-refractivity contribution in [2.45, 2.75) is 13.2 Å². The fourth-order valence-electron chi connectivity index (χ4n) is 1.35. The molecule has 0 fully saturated rings. The van der Waals surface area contributed by atoms with Crippen molar-refractivity contribution in [2.75, 3.05) is 0 Å². The molecule has 0 bridgehead atoms. The molecule has 2 aromatic rings. The molecule has 0 radical (unpaired) electrons. The van der Waals surface area contributed by atoms with Gasteiger partial charge in [0.25, 0.3) is 0 Å². The first-order valence-corrected chi connectivity index (χ1v) is 6.19. The lowest BCUT2D eigenvalue weighted by molar-refractivity contribution is 0.139. The van der Waals surface area contributed by atoms with E-state index in [1.165, 1.54) is 0 Å². The Morgan fingerprint density at radius 2 is 2.00 bits per heavy atom. The van der Waals surface area contributed by atoms with Crippen LogP contribution in [0.4, 0.5) is 4.79 Å². The van der Waals surface area contributed by atoms with E-state index in [4.69, 9.17) is 4.74 Å². The maximum atomic E-state index is 11.4. The van der Waals surface area contributed by atoms with Crippen LogP contribution in [-0.2, 0) is 17.9 Å². The molecule has 1 aromatic carbocycles. The highest BCUT2D eigenvalue weighted by molar-refractivity contribution is 7.09. The van der Waals surface area contributed by atoms with Gasteiger partial charge in [-0.25, -0.2) is 4.79 Å². The Morgan fingerprint density at radius 1 is 1.18 bits per heavy atom. The van der Waals surface area contributed by atoms with Gasteiger partial charge in [0.05, 0.1) is 6.54 Å². The molecule has 1 amide bonds. The largest absolute Gasteiger partial charge is 0.445 e. The summed E-state index contributed by atoms with van der Waals surface area (Å²) in [5.41, 5.74) is 0.985. The topological polar surface area (TPSA) is 38.3 Å². The van der Waals surface area contributed by atoms with Crippen LogP contribution in [0.3, 0.4) is 0 Å². The molecule has 0 spiro atoms. The monoisotopic (exact) mass is 247 g/mol. The molecule has 1 aromatic heterocycles. The standard InChI is InChI=1S/C13H13NO2S/c15-13(14-9-12-7-4-8-17-12)16-10-11-5-2-1-3-6-11/h1-8H,9-10H2,(H,14,15). The Hall–Kier alpha value is -1.81. The predicted octanol–water partition coefficient (Wildman–Crippen LogP) is 3.17. The fraction of sp³-hybridized carbons (Fsp3) is 0.154. The van der Waals surface area contributed by atoms with Crippen LogP contribution < -0.4 is 5.32 Å².